The number of aromatic hydroxyl groups is 1. The zero-order valence-corrected chi connectivity index (χ0v) is 18.0. The first-order chi connectivity index (χ1) is 13.7. The molecule has 1 aromatic carbocycles. The van der Waals surface area contributed by atoms with E-state index in [0.717, 1.165) is 19.1 Å². The summed E-state index contributed by atoms with van der Waals surface area (Å²) < 4.78 is 31.1. The summed E-state index contributed by atoms with van der Waals surface area (Å²) in [5.74, 6) is -0.349. The molecule has 0 bridgehead atoms. The summed E-state index contributed by atoms with van der Waals surface area (Å²) in [6, 6.07) is 2.94. The average Bonchev–Trinajstić information content (AvgIpc) is 3.45. The molecule has 158 valence electrons. The standard InChI is InChI=1S/C20H27N3O5S/c1-5-28-11-10-21-17-12(2)14(8-9-15(17)29(4,26)27)19(24)16-18(13-6-7-13)22-23(3)20(16)25/h8-9,13,21,25H,5-7,10-11H2,1-4H3. The minimum Gasteiger partial charge on any atom is -0.493 e. The number of aromatic nitrogens is 2. The number of anilines is 1. The van der Waals surface area contributed by atoms with Gasteiger partial charge in [-0.3, -0.25) is 4.79 Å². The fraction of sp³-hybridized carbons (Fsp3) is 0.500. The predicted octanol–water partition coefficient (Wildman–Crippen LogP) is 2.39. The van der Waals surface area contributed by atoms with Crippen molar-refractivity contribution in [3.05, 3.63) is 34.5 Å². The molecule has 1 saturated carbocycles. The van der Waals surface area contributed by atoms with Gasteiger partial charge in [0, 0.05) is 37.9 Å². The van der Waals surface area contributed by atoms with E-state index in [9.17, 15) is 18.3 Å². The first-order valence-corrected chi connectivity index (χ1v) is 11.5. The fourth-order valence-corrected chi connectivity index (χ4v) is 4.30. The minimum absolute atomic E-state index is 0.126. The van der Waals surface area contributed by atoms with Crippen molar-refractivity contribution < 1.29 is 23.1 Å². The Morgan fingerprint density at radius 2 is 2.07 bits per heavy atom. The second-order valence-corrected chi connectivity index (χ2v) is 9.30. The van der Waals surface area contributed by atoms with Crippen LogP contribution in [0.25, 0.3) is 0 Å². The maximum atomic E-state index is 13.3. The molecule has 1 heterocycles. The molecule has 1 fully saturated rings. The number of benzene rings is 1. The van der Waals surface area contributed by atoms with E-state index < -0.39 is 9.84 Å². The van der Waals surface area contributed by atoms with Crippen LogP contribution >= 0.6 is 0 Å². The van der Waals surface area contributed by atoms with Crippen molar-refractivity contribution >= 4 is 21.3 Å². The second kappa shape index (κ2) is 8.16. The Morgan fingerprint density at radius 3 is 2.66 bits per heavy atom. The monoisotopic (exact) mass is 421 g/mol. The van der Waals surface area contributed by atoms with E-state index >= 15 is 0 Å². The first-order valence-electron chi connectivity index (χ1n) is 9.62. The van der Waals surface area contributed by atoms with E-state index in [-0.39, 0.29) is 28.0 Å². The van der Waals surface area contributed by atoms with Crippen LogP contribution < -0.4 is 5.32 Å². The first kappa shape index (κ1) is 21.3. The van der Waals surface area contributed by atoms with Crippen molar-refractivity contribution in [1.82, 2.24) is 9.78 Å². The topological polar surface area (TPSA) is 111 Å². The lowest BCUT2D eigenvalue weighted by Gasteiger charge is -2.17. The third-order valence-electron chi connectivity index (χ3n) is 5.06. The molecule has 2 N–H and O–H groups in total. The van der Waals surface area contributed by atoms with Gasteiger partial charge >= 0.3 is 0 Å². The average molecular weight is 422 g/mol. The largest absolute Gasteiger partial charge is 0.493 e. The number of hydrogen-bond acceptors (Lipinski definition) is 7. The number of hydrogen-bond donors (Lipinski definition) is 2. The molecule has 2 aromatic rings. The smallest absolute Gasteiger partial charge is 0.220 e. The van der Waals surface area contributed by atoms with Gasteiger partial charge in [-0.25, -0.2) is 13.1 Å². The zero-order chi connectivity index (χ0) is 21.3. The summed E-state index contributed by atoms with van der Waals surface area (Å²) in [5.41, 5.74) is 2.04. The highest BCUT2D eigenvalue weighted by Gasteiger charge is 2.35. The highest BCUT2D eigenvalue weighted by Crippen LogP contribution is 2.44. The minimum atomic E-state index is -3.50. The summed E-state index contributed by atoms with van der Waals surface area (Å²) in [6.45, 7) is 4.95. The van der Waals surface area contributed by atoms with Gasteiger partial charge in [0.05, 0.1) is 22.9 Å². The summed E-state index contributed by atoms with van der Waals surface area (Å²) in [6.07, 6.45) is 3.01. The van der Waals surface area contributed by atoms with Gasteiger partial charge in [0.2, 0.25) is 11.7 Å². The van der Waals surface area contributed by atoms with Crippen LogP contribution in [-0.4, -0.2) is 55.1 Å². The molecule has 0 amide bonds. The summed E-state index contributed by atoms with van der Waals surface area (Å²) in [7, 11) is -1.91. The normalized spacial score (nSPS) is 14.2. The fourth-order valence-electron chi connectivity index (χ4n) is 3.38. The van der Waals surface area contributed by atoms with E-state index in [1.807, 2.05) is 6.92 Å². The molecule has 8 nitrogen and oxygen atoms in total. The Balaban J connectivity index is 2.05. The lowest BCUT2D eigenvalue weighted by Crippen LogP contribution is -2.15. The van der Waals surface area contributed by atoms with Crippen molar-refractivity contribution in [2.75, 3.05) is 31.3 Å². The van der Waals surface area contributed by atoms with Crippen LogP contribution in [0.15, 0.2) is 17.0 Å². The van der Waals surface area contributed by atoms with Crippen LogP contribution in [0.4, 0.5) is 5.69 Å². The Kier molecular flexibility index (Phi) is 6.00. The van der Waals surface area contributed by atoms with E-state index in [4.69, 9.17) is 4.74 Å². The maximum absolute atomic E-state index is 13.3. The molecule has 9 heteroatoms. The number of sulfone groups is 1. The number of aryl methyl sites for hydroxylation is 1. The van der Waals surface area contributed by atoms with Gasteiger partial charge in [0.25, 0.3) is 0 Å². The molecule has 0 radical (unpaired) electrons. The summed E-state index contributed by atoms with van der Waals surface area (Å²) in [5, 5.41) is 17.8. The molecule has 0 saturated heterocycles. The molecular weight excluding hydrogens is 394 g/mol. The van der Waals surface area contributed by atoms with Crippen molar-refractivity contribution in [2.24, 2.45) is 7.05 Å². The lowest BCUT2D eigenvalue weighted by molar-refractivity contribution is 0.103. The van der Waals surface area contributed by atoms with Crippen LogP contribution in [0.2, 0.25) is 0 Å². The number of nitrogens with one attached hydrogen (secondary N) is 1. The van der Waals surface area contributed by atoms with Gasteiger partial charge in [-0.1, -0.05) is 0 Å². The van der Waals surface area contributed by atoms with E-state index in [1.54, 1.807) is 14.0 Å². The van der Waals surface area contributed by atoms with Crippen LogP contribution in [0, 0.1) is 6.92 Å². The zero-order valence-electron chi connectivity index (χ0n) is 17.2. The van der Waals surface area contributed by atoms with Gasteiger partial charge in [0.15, 0.2) is 9.84 Å². The van der Waals surface area contributed by atoms with Gasteiger partial charge in [-0.2, -0.15) is 5.10 Å². The third kappa shape index (κ3) is 4.30. The van der Waals surface area contributed by atoms with Crippen molar-refractivity contribution in [3.63, 3.8) is 0 Å². The summed E-state index contributed by atoms with van der Waals surface area (Å²) in [4.78, 5) is 13.5. The van der Waals surface area contributed by atoms with E-state index in [0.29, 0.717) is 42.3 Å². The van der Waals surface area contributed by atoms with Crippen LogP contribution in [-0.2, 0) is 21.6 Å². The SMILES string of the molecule is CCOCCNc1c(S(C)(=O)=O)ccc(C(=O)c2c(C3CC3)nn(C)c2O)c1C. The number of ether oxygens (including phenoxy) is 1. The third-order valence-corrected chi connectivity index (χ3v) is 6.20. The molecule has 1 aliphatic carbocycles. The number of nitrogens with zero attached hydrogens (tertiary/aromatic N) is 2. The lowest BCUT2D eigenvalue weighted by atomic mass is 9.96. The molecule has 29 heavy (non-hydrogen) atoms. The van der Waals surface area contributed by atoms with Crippen LogP contribution in [0.3, 0.4) is 0 Å². The Labute approximate surface area is 170 Å². The molecule has 0 unspecified atom stereocenters. The van der Waals surface area contributed by atoms with Gasteiger partial charge in [-0.05, 0) is 44.4 Å². The molecular formula is C20H27N3O5S. The quantitative estimate of drug-likeness (QED) is 0.472. The number of rotatable bonds is 9. The van der Waals surface area contributed by atoms with Gasteiger partial charge in [0.1, 0.15) is 5.56 Å². The molecule has 0 aliphatic heterocycles. The molecule has 0 spiro atoms. The van der Waals surface area contributed by atoms with E-state index in [1.165, 1.54) is 16.8 Å². The molecule has 3 rings (SSSR count). The van der Waals surface area contributed by atoms with Crippen molar-refractivity contribution in [2.45, 2.75) is 37.5 Å². The predicted molar refractivity (Wildman–Crippen MR) is 110 cm³/mol. The van der Waals surface area contributed by atoms with Gasteiger partial charge < -0.3 is 15.2 Å². The Bertz CT molecular complexity index is 1040. The molecule has 1 aliphatic rings. The van der Waals surface area contributed by atoms with Crippen molar-refractivity contribution in [1.29, 1.82) is 0 Å². The highest BCUT2D eigenvalue weighted by molar-refractivity contribution is 7.90. The molecule has 1 aromatic heterocycles. The number of ketones is 1. The Morgan fingerprint density at radius 1 is 1.38 bits per heavy atom. The van der Waals surface area contributed by atoms with Crippen LogP contribution in [0.5, 0.6) is 5.88 Å². The molecule has 0 atom stereocenters. The second-order valence-electron chi connectivity index (χ2n) is 7.32. The van der Waals surface area contributed by atoms with Gasteiger partial charge in [-0.15, -0.1) is 0 Å². The number of carbonyl (C=O) groups excluding carboxylic acids is 1. The van der Waals surface area contributed by atoms with Crippen LogP contribution in [0.1, 0.15) is 52.9 Å². The Hall–Kier alpha value is -2.39. The number of carbonyl (C=O) groups is 1. The van der Waals surface area contributed by atoms with Crippen molar-refractivity contribution in [3.8, 4) is 5.88 Å². The van der Waals surface area contributed by atoms with E-state index in [2.05, 4.69) is 10.4 Å². The highest BCUT2D eigenvalue weighted by atomic mass is 32.2. The maximum Gasteiger partial charge on any atom is 0.220 e. The summed E-state index contributed by atoms with van der Waals surface area (Å²) >= 11 is 0.